The molecule has 0 aromatic carbocycles. The Balaban J connectivity index is 1.60. The molecule has 3 heterocycles. The molecule has 0 aliphatic carbocycles. The molecule has 3 rings (SSSR count). The average Bonchev–Trinajstić information content (AvgIpc) is 2.86. The van der Waals surface area contributed by atoms with Crippen molar-refractivity contribution in [1.29, 1.82) is 0 Å². The predicted molar refractivity (Wildman–Crippen MR) is 64.6 cm³/mol. The smallest absolute Gasteiger partial charge is 0.0735 e. The molecule has 4 unspecified atom stereocenters. The lowest BCUT2D eigenvalue weighted by atomic mass is 9.93. The van der Waals surface area contributed by atoms with E-state index in [2.05, 4.69) is 17.1 Å². The summed E-state index contributed by atoms with van der Waals surface area (Å²) in [5.41, 5.74) is 0. The van der Waals surface area contributed by atoms with Gasteiger partial charge in [0.15, 0.2) is 0 Å². The van der Waals surface area contributed by atoms with Gasteiger partial charge in [0.1, 0.15) is 0 Å². The minimum atomic E-state index is 0.563. The molecule has 92 valence electrons. The van der Waals surface area contributed by atoms with E-state index in [0.717, 1.165) is 6.04 Å². The fraction of sp³-hybridized carbons (Fsp3) is 1.00. The van der Waals surface area contributed by atoms with Gasteiger partial charge in [0.2, 0.25) is 0 Å². The van der Waals surface area contributed by atoms with Gasteiger partial charge in [-0.1, -0.05) is 0 Å². The topological polar surface area (TPSA) is 24.5 Å². The van der Waals surface area contributed by atoms with E-state index in [4.69, 9.17) is 4.74 Å². The summed E-state index contributed by atoms with van der Waals surface area (Å²) in [7, 11) is 0. The summed E-state index contributed by atoms with van der Waals surface area (Å²) < 4.78 is 5.98. The summed E-state index contributed by atoms with van der Waals surface area (Å²) in [5.74, 6) is 0. The van der Waals surface area contributed by atoms with Crippen molar-refractivity contribution in [1.82, 2.24) is 10.2 Å². The summed E-state index contributed by atoms with van der Waals surface area (Å²) in [6.45, 7) is 6.00. The summed E-state index contributed by atoms with van der Waals surface area (Å²) in [5, 5.41) is 3.57. The van der Waals surface area contributed by atoms with Crippen molar-refractivity contribution in [2.75, 3.05) is 19.6 Å². The van der Waals surface area contributed by atoms with Crippen molar-refractivity contribution >= 4 is 0 Å². The van der Waals surface area contributed by atoms with Gasteiger partial charge in [-0.25, -0.2) is 0 Å². The lowest BCUT2D eigenvalue weighted by Gasteiger charge is -2.35. The molecule has 0 radical (unpaired) electrons. The highest BCUT2D eigenvalue weighted by Crippen LogP contribution is 2.37. The van der Waals surface area contributed by atoms with E-state index in [0.29, 0.717) is 18.2 Å². The van der Waals surface area contributed by atoms with Gasteiger partial charge in [0, 0.05) is 18.6 Å². The van der Waals surface area contributed by atoms with Crippen molar-refractivity contribution < 1.29 is 4.74 Å². The Bertz CT molecular complexity index is 246. The Morgan fingerprint density at radius 2 is 2.12 bits per heavy atom. The second kappa shape index (κ2) is 4.63. The third-order valence-electron chi connectivity index (χ3n) is 4.51. The van der Waals surface area contributed by atoms with Crippen molar-refractivity contribution in [3.8, 4) is 0 Å². The summed E-state index contributed by atoms with van der Waals surface area (Å²) in [6, 6.07) is 1.42. The van der Waals surface area contributed by atoms with Gasteiger partial charge in [0.05, 0.1) is 12.2 Å². The van der Waals surface area contributed by atoms with Crippen molar-refractivity contribution in [2.24, 2.45) is 0 Å². The Morgan fingerprint density at radius 3 is 2.88 bits per heavy atom. The fourth-order valence-electron chi connectivity index (χ4n) is 3.53. The van der Waals surface area contributed by atoms with E-state index in [1.165, 1.54) is 51.7 Å². The minimum Gasteiger partial charge on any atom is -0.373 e. The highest BCUT2D eigenvalue weighted by Gasteiger charge is 2.43. The van der Waals surface area contributed by atoms with Crippen LogP contribution in [0.25, 0.3) is 0 Å². The molecule has 3 aliphatic rings. The molecule has 0 spiro atoms. The molecular weight excluding hydrogens is 200 g/mol. The molecule has 16 heavy (non-hydrogen) atoms. The molecule has 1 N–H and O–H groups in total. The number of hydrogen-bond acceptors (Lipinski definition) is 3. The first-order valence-corrected chi connectivity index (χ1v) is 6.96. The van der Waals surface area contributed by atoms with E-state index in [-0.39, 0.29) is 0 Å². The van der Waals surface area contributed by atoms with Crippen LogP contribution in [-0.2, 0) is 4.74 Å². The Labute approximate surface area is 98.5 Å². The fourth-order valence-corrected chi connectivity index (χ4v) is 3.53. The standard InChI is InChI=1S/C13H24N2O/c1-10-5-8-15(7-2-6-14-10)12-9-11-3-4-13(12)16-11/h10-14H,2-9H2,1H3. The van der Waals surface area contributed by atoms with E-state index in [1.807, 2.05) is 0 Å². The molecule has 3 fully saturated rings. The molecule has 3 saturated heterocycles. The van der Waals surface area contributed by atoms with Crippen molar-refractivity contribution in [3.63, 3.8) is 0 Å². The SMILES string of the molecule is CC1CCN(C2CC3CCC2O3)CCCN1. The zero-order chi connectivity index (χ0) is 11.0. The second-order valence-electron chi connectivity index (χ2n) is 5.71. The van der Waals surface area contributed by atoms with Crippen LogP contribution in [0.15, 0.2) is 0 Å². The van der Waals surface area contributed by atoms with Crippen LogP contribution in [0.5, 0.6) is 0 Å². The molecule has 3 nitrogen and oxygen atoms in total. The Hall–Kier alpha value is -0.120. The van der Waals surface area contributed by atoms with Crippen molar-refractivity contribution in [3.05, 3.63) is 0 Å². The van der Waals surface area contributed by atoms with Gasteiger partial charge < -0.3 is 10.1 Å². The van der Waals surface area contributed by atoms with Gasteiger partial charge in [-0.05, 0) is 52.1 Å². The van der Waals surface area contributed by atoms with Gasteiger partial charge in [0.25, 0.3) is 0 Å². The maximum absolute atomic E-state index is 5.98. The Kier molecular flexibility index (Phi) is 3.18. The lowest BCUT2D eigenvalue weighted by Crippen LogP contribution is -2.46. The number of nitrogens with one attached hydrogen (secondary N) is 1. The zero-order valence-corrected chi connectivity index (χ0v) is 10.3. The van der Waals surface area contributed by atoms with E-state index < -0.39 is 0 Å². The molecule has 0 aromatic rings. The molecule has 0 amide bonds. The minimum absolute atomic E-state index is 0.563. The number of rotatable bonds is 1. The first-order chi connectivity index (χ1) is 7.83. The van der Waals surface area contributed by atoms with Crippen LogP contribution in [0.4, 0.5) is 0 Å². The van der Waals surface area contributed by atoms with Crippen LogP contribution in [0.3, 0.4) is 0 Å². The lowest BCUT2D eigenvalue weighted by molar-refractivity contribution is 0.0660. The van der Waals surface area contributed by atoms with Gasteiger partial charge >= 0.3 is 0 Å². The molecular formula is C13H24N2O. The van der Waals surface area contributed by atoms with Crippen LogP contribution in [0, 0.1) is 0 Å². The summed E-state index contributed by atoms with van der Waals surface area (Å²) >= 11 is 0. The summed E-state index contributed by atoms with van der Waals surface area (Å²) in [4.78, 5) is 2.71. The maximum Gasteiger partial charge on any atom is 0.0735 e. The molecule has 2 bridgehead atoms. The second-order valence-corrected chi connectivity index (χ2v) is 5.71. The third-order valence-corrected chi connectivity index (χ3v) is 4.51. The molecule has 0 aromatic heterocycles. The van der Waals surface area contributed by atoms with E-state index >= 15 is 0 Å². The number of ether oxygens (including phenoxy) is 1. The van der Waals surface area contributed by atoms with Crippen LogP contribution >= 0.6 is 0 Å². The molecule has 4 atom stereocenters. The van der Waals surface area contributed by atoms with Gasteiger partial charge in [-0.3, -0.25) is 4.90 Å². The van der Waals surface area contributed by atoms with Gasteiger partial charge in [-0.2, -0.15) is 0 Å². The zero-order valence-electron chi connectivity index (χ0n) is 10.3. The third kappa shape index (κ3) is 2.13. The van der Waals surface area contributed by atoms with Crippen LogP contribution < -0.4 is 5.32 Å². The normalized spacial score (nSPS) is 45.6. The average molecular weight is 224 g/mol. The van der Waals surface area contributed by atoms with Crippen LogP contribution in [0.1, 0.15) is 39.0 Å². The quantitative estimate of drug-likeness (QED) is 0.728. The maximum atomic E-state index is 5.98. The van der Waals surface area contributed by atoms with Gasteiger partial charge in [-0.15, -0.1) is 0 Å². The van der Waals surface area contributed by atoms with Crippen LogP contribution in [-0.4, -0.2) is 48.8 Å². The highest BCUT2D eigenvalue weighted by atomic mass is 16.5. The largest absolute Gasteiger partial charge is 0.373 e. The number of nitrogens with zero attached hydrogens (tertiary/aromatic N) is 1. The molecule has 3 heteroatoms. The van der Waals surface area contributed by atoms with E-state index in [9.17, 15) is 0 Å². The summed E-state index contributed by atoms with van der Waals surface area (Å²) in [6.07, 6.45) is 7.65. The first kappa shape index (κ1) is 11.0. The monoisotopic (exact) mass is 224 g/mol. The molecule has 0 saturated carbocycles. The predicted octanol–water partition coefficient (Wildman–Crippen LogP) is 1.38. The Morgan fingerprint density at radius 1 is 1.19 bits per heavy atom. The van der Waals surface area contributed by atoms with E-state index in [1.54, 1.807) is 0 Å². The number of hydrogen-bond donors (Lipinski definition) is 1. The van der Waals surface area contributed by atoms with Crippen LogP contribution in [0.2, 0.25) is 0 Å². The molecule has 3 aliphatic heterocycles. The highest BCUT2D eigenvalue weighted by molar-refractivity contribution is 4.95. The first-order valence-electron chi connectivity index (χ1n) is 6.96. The number of fused-ring (bicyclic) bond motifs is 2. The van der Waals surface area contributed by atoms with Crippen molar-refractivity contribution in [2.45, 2.75) is 63.3 Å².